The second-order valence-corrected chi connectivity index (χ2v) is 8.15. The smallest absolute Gasteiger partial charge is 0.466 e. The average Bonchev–Trinajstić information content (AvgIpc) is 2.87. The van der Waals surface area contributed by atoms with Crippen molar-refractivity contribution in [2.24, 2.45) is 0 Å². The molecule has 0 spiro atoms. The molecule has 1 aromatic carbocycles. The van der Waals surface area contributed by atoms with Gasteiger partial charge >= 0.3 is 13.1 Å². The van der Waals surface area contributed by atoms with Crippen LogP contribution in [-0.2, 0) is 28.3 Å². The third-order valence-corrected chi connectivity index (χ3v) is 5.56. The highest BCUT2D eigenvalue weighted by Crippen LogP contribution is 2.42. The van der Waals surface area contributed by atoms with E-state index in [1.165, 1.54) is 0 Å². The number of benzene rings is 1. The summed E-state index contributed by atoms with van der Waals surface area (Å²) in [4.78, 5) is 12.3. The van der Waals surface area contributed by atoms with Gasteiger partial charge in [0, 0.05) is 24.6 Å². The van der Waals surface area contributed by atoms with Gasteiger partial charge in [0.25, 0.3) is 0 Å². The van der Waals surface area contributed by atoms with Crippen LogP contribution >= 0.6 is 0 Å². The molecule has 0 aliphatic carbocycles. The molecule has 1 aliphatic heterocycles. The summed E-state index contributed by atoms with van der Waals surface area (Å²) in [7, 11) is -0.537. The van der Waals surface area contributed by atoms with Crippen LogP contribution in [0.1, 0.15) is 78.1 Å². The van der Waals surface area contributed by atoms with Crippen LogP contribution in [0.25, 0.3) is 0 Å². The summed E-state index contributed by atoms with van der Waals surface area (Å²) in [5, 5.41) is 0. The van der Waals surface area contributed by atoms with Crippen molar-refractivity contribution in [2.75, 3.05) is 19.8 Å². The summed E-state index contributed by atoms with van der Waals surface area (Å²) < 4.78 is 29.0. The van der Waals surface area contributed by atoms with Crippen molar-refractivity contribution in [2.45, 2.75) is 78.2 Å². The van der Waals surface area contributed by atoms with Gasteiger partial charge in [-0.3, -0.25) is 4.79 Å². The highest BCUT2D eigenvalue weighted by atomic mass is 16.7. The quantitative estimate of drug-likeness (QED) is 0.326. The molecule has 1 heterocycles. The Labute approximate surface area is 175 Å². The molecule has 162 valence electrons. The molecule has 0 radical (unpaired) electrons. The highest BCUT2D eigenvalue weighted by molar-refractivity contribution is 6.48. The Kier molecular flexibility index (Phi) is 8.29. The van der Waals surface area contributed by atoms with Crippen molar-refractivity contribution in [3.8, 4) is 0 Å². The van der Waals surface area contributed by atoms with E-state index in [-0.39, 0.29) is 18.2 Å². The van der Waals surface area contributed by atoms with E-state index in [4.69, 9.17) is 23.5 Å². The third kappa shape index (κ3) is 5.82. The Morgan fingerprint density at radius 2 is 1.38 bits per heavy atom. The van der Waals surface area contributed by atoms with E-state index in [1.54, 1.807) is 6.92 Å². The van der Waals surface area contributed by atoms with Gasteiger partial charge in [0.05, 0.1) is 24.2 Å². The molecule has 1 fully saturated rings. The number of ether oxygens (including phenoxy) is 3. The van der Waals surface area contributed by atoms with Crippen LogP contribution in [0.4, 0.5) is 0 Å². The fourth-order valence-corrected chi connectivity index (χ4v) is 3.27. The molecule has 0 saturated carbocycles. The molecule has 0 bridgehead atoms. The number of hydrogen-bond acceptors (Lipinski definition) is 6. The molecule has 0 amide bonds. The first-order valence-corrected chi connectivity index (χ1v) is 10.5. The molecule has 1 aromatic rings. The Hall–Kier alpha value is -1.41. The zero-order valence-electron chi connectivity index (χ0n) is 18.8. The topological polar surface area (TPSA) is 63.2 Å². The minimum atomic E-state index is -0.537. The van der Waals surface area contributed by atoms with E-state index >= 15 is 0 Å². The fourth-order valence-electron chi connectivity index (χ4n) is 3.27. The van der Waals surface area contributed by atoms with Crippen molar-refractivity contribution >= 4 is 13.1 Å². The minimum absolute atomic E-state index is 0.185. The summed E-state index contributed by atoms with van der Waals surface area (Å²) in [6, 6.07) is 7.90. The summed E-state index contributed by atoms with van der Waals surface area (Å²) in [6.45, 7) is 15.2. The van der Waals surface area contributed by atoms with Gasteiger partial charge in [-0.05, 0) is 54.0 Å². The first kappa shape index (κ1) is 23.9. The minimum Gasteiger partial charge on any atom is -0.466 e. The summed E-state index contributed by atoms with van der Waals surface area (Å²) in [6.07, 6.45) is -0.218. The number of hydrogen-bond donors (Lipinski definition) is 0. The van der Waals surface area contributed by atoms with E-state index in [2.05, 4.69) is 0 Å². The monoisotopic (exact) mass is 406 g/mol. The molecule has 7 heteroatoms. The van der Waals surface area contributed by atoms with Crippen molar-refractivity contribution < 1.29 is 28.3 Å². The van der Waals surface area contributed by atoms with E-state index in [9.17, 15) is 4.79 Å². The second kappa shape index (κ2) is 10.1. The van der Waals surface area contributed by atoms with Crippen molar-refractivity contribution in [3.05, 3.63) is 35.4 Å². The molecule has 1 atom stereocenters. The van der Waals surface area contributed by atoms with Crippen LogP contribution in [0.5, 0.6) is 0 Å². The molecule has 29 heavy (non-hydrogen) atoms. The number of carbonyl (C=O) groups is 1. The van der Waals surface area contributed by atoms with Crippen molar-refractivity contribution in [3.63, 3.8) is 0 Å². The van der Waals surface area contributed by atoms with E-state index in [0.29, 0.717) is 19.8 Å². The van der Waals surface area contributed by atoms with E-state index in [1.807, 2.05) is 65.8 Å². The maximum absolute atomic E-state index is 12.3. The Morgan fingerprint density at radius 3 is 1.83 bits per heavy atom. The predicted octanol–water partition coefficient (Wildman–Crippen LogP) is 4.43. The van der Waals surface area contributed by atoms with Gasteiger partial charge in [0.2, 0.25) is 0 Å². The molecule has 1 unspecified atom stereocenters. The van der Waals surface area contributed by atoms with Crippen LogP contribution < -0.4 is 0 Å². The van der Waals surface area contributed by atoms with Gasteiger partial charge in [-0.15, -0.1) is 0 Å². The molecular formula is C22H35BO6. The molecular weight excluding hydrogens is 371 g/mol. The normalized spacial score (nSPS) is 18.8. The number of esters is 1. The molecule has 2 rings (SSSR count). The standard InChI is InChI=1S/C22H35BO6/c1-8-25-19(24)15-18(23-28-21(4,5)22(6,7)29-23)16-11-13-17(14-12-16)20(26-9-2)27-10-3/h11-14,18,20H,8-10,15H2,1-7H3. The highest BCUT2D eigenvalue weighted by Gasteiger charge is 2.54. The van der Waals surface area contributed by atoms with Crippen molar-refractivity contribution in [1.82, 2.24) is 0 Å². The lowest BCUT2D eigenvalue weighted by Gasteiger charge is -2.32. The zero-order valence-corrected chi connectivity index (χ0v) is 18.8. The lowest BCUT2D eigenvalue weighted by molar-refractivity contribution is -0.143. The van der Waals surface area contributed by atoms with E-state index < -0.39 is 24.6 Å². The lowest BCUT2D eigenvalue weighted by Crippen LogP contribution is -2.41. The maximum Gasteiger partial charge on any atom is 0.466 e. The summed E-state index contributed by atoms with van der Waals surface area (Å²) >= 11 is 0. The SMILES string of the molecule is CCOC(=O)CC(B1OC(C)(C)C(C)(C)O1)c1ccc(C(OCC)OCC)cc1. The fraction of sp³-hybridized carbons (Fsp3) is 0.682. The van der Waals surface area contributed by atoms with Crippen molar-refractivity contribution in [1.29, 1.82) is 0 Å². The Balaban J connectivity index is 2.28. The van der Waals surface area contributed by atoms with E-state index in [0.717, 1.165) is 11.1 Å². The molecule has 1 aliphatic rings. The lowest BCUT2D eigenvalue weighted by atomic mass is 9.66. The van der Waals surface area contributed by atoms with Crippen LogP contribution in [0.15, 0.2) is 24.3 Å². The predicted molar refractivity (Wildman–Crippen MR) is 113 cm³/mol. The molecule has 1 saturated heterocycles. The number of carbonyl (C=O) groups excluding carboxylic acids is 1. The van der Waals surface area contributed by atoms with Gasteiger partial charge in [0.1, 0.15) is 0 Å². The summed E-state index contributed by atoms with van der Waals surface area (Å²) in [5.41, 5.74) is 0.937. The van der Waals surface area contributed by atoms with Crippen LogP contribution in [0.3, 0.4) is 0 Å². The largest absolute Gasteiger partial charge is 0.466 e. The van der Waals surface area contributed by atoms with Gasteiger partial charge in [-0.1, -0.05) is 24.3 Å². The molecule has 0 aromatic heterocycles. The average molecular weight is 406 g/mol. The Bertz CT molecular complexity index is 636. The third-order valence-electron chi connectivity index (χ3n) is 5.56. The molecule has 6 nitrogen and oxygen atoms in total. The molecule has 0 N–H and O–H groups in total. The van der Waals surface area contributed by atoms with Gasteiger partial charge in [0.15, 0.2) is 6.29 Å². The van der Waals surface area contributed by atoms with Gasteiger partial charge < -0.3 is 23.5 Å². The first-order valence-electron chi connectivity index (χ1n) is 10.5. The van der Waals surface area contributed by atoms with Crippen LogP contribution in [0.2, 0.25) is 0 Å². The Morgan fingerprint density at radius 1 is 0.897 bits per heavy atom. The summed E-state index contributed by atoms with van der Waals surface area (Å²) in [5.74, 6) is -0.542. The van der Waals surface area contributed by atoms with Crippen LogP contribution in [0, 0.1) is 0 Å². The maximum atomic E-state index is 12.3. The zero-order chi connectivity index (χ0) is 21.7. The second-order valence-electron chi connectivity index (χ2n) is 8.15. The van der Waals surface area contributed by atoms with Gasteiger partial charge in [-0.25, -0.2) is 0 Å². The first-order chi connectivity index (χ1) is 13.6. The number of rotatable bonds is 10. The van der Waals surface area contributed by atoms with Crippen LogP contribution in [-0.4, -0.2) is 44.1 Å². The van der Waals surface area contributed by atoms with Gasteiger partial charge in [-0.2, -0.15) is 0 Å².